The Labute approximate surface area is 109 Å². The Hall–Kier alpha value is -1.29. The summed E-state index contributed by atoms with van der Waals surface area (Å²) in [6.45, 7) is 4.92. The number of benzene rings is 1. The van der Waals surface area contributed by atoms with Gasteiger partial charge in [0.25, 0.3) is 0 Å². The van der Waals surface area contributed by atoms with Crippen LogP contribution >= 0.6 is 12.2 Å². The van der Waals surface area contributed by atoms with E-state index < -0.39 is 0 Å². The molecule has 0 aliphatic heterocycles. The van der Waals surface area contributed by atoms with Crippen LogP contribution in [0.2, 0.25) is 0 Å². The zero-order chi connectivity index (χ0) is 12.8. The number of hydrogen-bond donors (Lipinski definition) is 1. The highest BCUT2D eigenvalue weighted by Gasteiger charge is 2.06. The molecule has 0 aromatic heterocycles. The van der Waals surface area contributed by atoms with Crippen molar-refractivity contribution in [3.05, 3.63) is 29.8 Å². The van der Waals surface area contributed by atoms with E-state index in [1.807, 2.05) is 30.1 Å². The number of nitrogens with one attached hydrogen (secondary N) is 1. The molecule has 1 N–H and O–H groups in total. The second-order valence-electron chi connectivity index (χ2n) is 4.31. The third kappa shape index (κ3) is 4.61. The third-order valence-corrected chi connectivity index (χ3v) is 2.74. The lowest BCUT2D eigenvalue weighted by Crippen LogP contribution is -2.40. The quantitative estimate of drug-likeness (QED) is 0.832. The Morgan fingerprint density at radius 3 is 2.76 bits per heavy atom. The van der Waals surface area contributed by atoms with Crippen LogP contribution in [-0.2, 0) is 6.54 Å². The van der Waals surface area contributed by atoms with Gasteiger partial charge in [0.2, 0.25) is 0 Å². The summed E-state index contributed by atoms with van der Waals surface area (Å²) < 4.78 is 5.19. The fraction of sp³-hybridized carbons (Fsp3) is 0.462. The van der Waals surface area contributed by atoms with Crippen molar-refractivity contribution >= 4 is 17.3 Å². The average Bonchev–Trinajstić information content (AvgIpc) is 2.28. The van der Waals surface area contributed by atoms with Crippen molar-refractivity contribution in [3.8, 4) is 5.75 Å². The van der Waals surface area contributed by atoms with Crippen molar-refractivity contribution < 1.29 is 4.74 Å². The van der Waals surface area contributed by atoms with Crippen molar-refractivity contribution in [2.45, 2.75) is 26.4 Å². The van der Waals surface area contributed by atoms with E-state index in [1.54, 1.807) is 7.11 Å². The maximum Gasteiger partial charge on any atom is 0.169 e. The monoisotopic (exact) mass is 252 g/mol. The lowest BCUT2D eigenvalue weighted by Gasteiger charge is -2.23. The summed E-state index contributed by atoms with van der Waals surface area (Å²) in [6, 6.07) is 8.37. The highest BCUT2D eigenvalue weighted by Crippen LogP contribution is 2.13. The van der Waals surface area contributed by atoms with Gasteiger partial charge in [-0.15, -0.1) is 0 Å². The van der Waals surface area contributed by atoms with Crippen molar-refractivity contribution in [2.24, 2.45) is 0 Å². The summed E-state index contributed by atoms with van der Waals surface area (Å²) in [5.41, 5.74) is 1.18. The molecule has 0 radical (unpaired) electrons. The molecule has 17 heavy (non-hydrogen) atoms. The molecule has 0 amide bonds. The highest BCUT2D eigenvalue weighted by atomic mass is 32.1. The van der Waals surface area contributed by atoms with Crippen molar-refractivity contribution in [2.75, 3.05) is 14.2 Å². The molecular weight excluding hydrogens is 232 g/mol. The van der Waals surface area contributed by atoms with Crippen molar-refractivity contribution in [1.82, 2.24) is 10.2 Å². The summed E-state index contributed by atoms with van der Waals surface area (Å²) in [4.78, 5) is 2.02. The van der Waals surface area contributed by atoms with Crippen LogP contribution in [0.15, 0.2) is 24.3 Å². The SMILES string of the molecule is COc1cccc(CN(C)C(=S)NC(C)C)c1. The first-order valence-corrected chi connectivity index (χ1v) is 6.08. The van der Waals surface area contributed by atoms with Crippen LogP contribution in [0, 0.1) is 0 Å². The predicted molar refractivity (Wildman–Crippen MR) is 75.3 cm³/mol. The van der Waals surface area contributed by atoms with Gasteiger partial charge in [-0.3, -0.25) is 0 Å². The van der Waals surface area contributed by atoms with Crippen LogP contribution in [0.25, 0.3) is 0 Å². The van der Waals surface area contributed by atoms with Crippen LogP contribution in [0.1, 0.15) is 19.4 Å². The molecule has 1 rings (SSSR count). The van der Waals surface area contributed by atoms with Crippen LogP contribution in [0.4, 0.5) is 0 Å². The first kappa shape index (κ1) is 13.8. The molecular formula is C13H20N2OS. The number of nitrogens with zero attached hydrogens (tertiary/aromatic N) is 1. The zero-order valence-electron chi connectivity index (χ0n) is 10.9. The Morgan fingerprint density at radius 1 is 1.47 bits per heavy atom. The normalized spacial score (nSPS) is 10.2. The summed E-state index contributed by atoms with van der Waals surface area (Å²) in [7, 11) is 3.66. The number of hydrogen-bond acceptors (Lipinski definition) is 2. The third-order valence-electron chi connectivity index (χ3n) is 2.31. The van der Waals surface area contributed by atoms with Crippen molar-refractivity contribution in [3.63, 3.8) is 0 Å². The van der Waals surface area contributed by atoms with Gasteiger partial charge in [0, 0.05) is 19.6 Å². The molecule has 1 aromatic rings. The van der Waals surface area contributed by atoms with E-state index in [0.29, 0.717) is 6.04 Å². The minimum atomic E-state index is 0.357. The molecule has 0 spiro atoms. The number of ether oxygens (including phenoxy) is 1. The molecule has 3 nitrogen and oxygen atoms in total. The van der Waals surface area contributed by atoms with Crippen LogP contribution in [0.3, 0.4) is 0 Å². The van der Waals surface area contributed by atoms with Crippen LogP contribution in [-0.4, -0.2) is 30.2 Å². The van der Waals surface area contributed by atoms with E-state index in [1.165, 1.54) is 5.56 Å². The minimum Gasteiger partial charge on any atom is -0.497 e. The highest BCUT2D eigenvalue weighted by molar-refractivity contribution is 7.80. The van der Waals surface area contributed by atoms with E-state index >= 15 is 0 Å². The van der Waals surface area contributed by atoms with Gasteiger partial charge in [0.15, 0.2) is 5.11 Å². The standard InChI is InChI=1S/C13H20N2OS/c1-10(2)14-13(17)15(3)9-11-6-5-7-12(8-11)16-4/h5-8,10H,9H2,1-4H3,(H,14,17). The Bertz CT molecular complexity index is 379. The predicted octanol–water partition coefficient (Wildman–Crippen LogP) is 2.41. The lowest BCUT2D eigenvalue weighted by atomic mass is 10.2. The molecule has 0 fully saturated rings. The molecule has 0 heterocycles. The molecule has 0 aliphatic carbocycles. The van der Waals surface area contributed by atoms with Crippen LogP contribution < -0.4 is 10.1 Å². The van der Waals surface area contributed by atoms with E-state index in [0.717, 1.165) is 17.4 Å². The lowest BCUT2D eigenvalue weighted by molar-refractivity contribution is 0.412. The average molecular weight is 252 g/mol. The van der Waals surface area contributed by atoms with E-state index in [-0.39, 0.29) is 0 Å². The van der Waals surface area contributed by atoms with E-state index in [2.05, 4.69) is 25.2 Å². The second kappa shape index (κ2) is 6.45. The van der Waals surface area contributed by atoms with Gasteiger partial charge < -0.3 is 15.0 Å². The largest absolute Gasteiger partial charge is 0.497 e. The van der Waals surface area contributed by atoms with Gasteiger partial charge in [-0.05, 0) is 43.8 Å². The molecule has 4 heteroatoms. The number of thiocarbonyl (C=S) groups is 1. The first-order chi connectivity index (χ1) is 8.02. The molecule has 1 aromatic carbocycles. The van der Waals surface area contributed by atoms with Gasteiger partial charge in [0.05, 0.1) is 7.11 Å². The molecule has 0 saturated carbocycles. The molecule has 0 aliphatic rings. The van der Waals surface area contributed by atoms with Gasteiger partial charge in [-0.25, -0.2) is 0 Å². The zero-order valence-corrected chi connectivity index (χ0v) is 11.7. The fourth-order valence-corrected chi connectivity index (χ4v) is 1.77. The van der Waals surface area contributed by atoms with E-state index in [9.17, 15) is 0 Å². The van der Waals surface area contributed by atoms with Crippen molar-refractivity contribution in [1.29, 1.82) is 0 Å². The minimum absolute atomic E-state index is 0.357. The Balaban J connectivity index is 2.60. The maximum atomic E-state index is 5.30. The summed E-state index contributed by atoms with van der Waals surface area (Å²) in [5, 5.41) is 3.98. The summed E-state index contributed by atoms with van der Waals surface area (Å²) >= 11 is 5.30. The Morgan fingerprint density at radius 2 is 2.18 bits per heavy atom. The smallest absolute Gasteiger partial charge is 0.169 e. The summed E-state index contributed by atoms with van der Waals surface area (Å²) in [6.07, 6.45) is 0. The molecule has 0 bridgehead atoms. The van der Waals surface area contributed by atoms with Gasteiger partial charge in [-0.1, -0.05) is 12.1 Å². The fourth-order valence-electron chi connectivity index (χ4n) is 1.47. The van der Waals surface area contributed by atoms with E-state index in [4.69, 9.17) is 17.0 Å². The molecule has 94 valence electrons. The molecule has 0 atom stereocenters. The first-order valence-electron chi connectivity index (χ1n) is 5.67. The maximum absolute atomic E-state index is 5.30. The topological polar surface area (TPSA) is 24.5 Å². The summed E-state index contributed by atoms with van der Waals surface area (Å²) in [5.74, 6) is 0.874. The number of methoxy groups -OCH3 is 1. The second-order valence-corrected chi connectivity index (χ2v) is 4.70. The molecule has 0 unspecified atom stereocenters. The van der Waals surface area contributed by atoms with Gasteiger partial charge >= 0.3 is 0 Å². The Kier molecular flexibility index (Phi) is 5.22. The van der Waals surface area contributed by atoms with Gasteiger partial charge in [0.1, 0.15) is 5.75 Å². The van der Waals surface area contributed by atoms with Crippen LogP contribution in [0.5, 0.6) is 5.75 Å². The molecule has 0 saturated heterocycles. The van der Waals surface area contributed by atoms with Gasteiger partial charge in [-0.2, -0.15) is 0 Å². The number of rotatable bonds is 4.